The molecule has 4 aromatic rings. The van der Waals surface area contributed by atoms with Crippen molar-refractivity contribution < 1.29 is 14.3 Å². The van der Waals surface area contributed by atoms with Gasteiger partial charge in [0.05, 0.1) is 50.1 Å². The Kier molecular flexibility index (Phi) is 9.77. The molecule has 0 radical (unpaired) electrons. The number of nitrogens with zero attached hydrogens (tertiary/aromatic N) is 3. The van der Waals surface area contributed by atoms with E-state index >= 15 is 0 Å². The third-order valence-electron chi connectivity index (χ3n) is 5.59. The lowest BCUT2D eigenvalue weighted by Gasteiger charge is -2.08. The molecular weight excluding hydrogens is 464 g/mol. The molecule has 0 saturated heterocycles. The fraction of sp³-hybridized carbons (Fsp3) is 0.200. The van der Waals surface area contributed by atoms with E-state index in [9.17, 15) is 4.79 Å². The van der Waals surface area contributed by atoms with E-state index in [0.717, 1.165) is 39.9 Å². The van der Waals surface area contributed by atoms with Gasteiger partial charge >= 0.3 is 0 Å². The maximum atomic E-state index is 10.8. The summed E-state index contributed by atoms with van der Waals surface area (Å²) in [5, 5.41) is 0. The molecule has 7 nitrogen and oxygen atoms in total. The van der Waals surface area contributed by atoms with Gasteiger partial charge in [0.15, 0.2) is 6.29 Å². The number of hydrogen-bond acceptors (Lipinski definition) is 7. The van der Waals surface area contributed by atoms with Crippen molar-refractivity contribution in [3.8, 4) is 0 Å². The predicted molar refractivity (Wildman–Crippen MR) is 143 cm³/mol. The summed E-state index contributed by atoms with van der Waals surface area (Å²) < 4.78 is 11.7. The molecule has 2 N–H and O–H groups in total. The number of benzene rings is 2. The molecule has 0 aliphatic carbocycles. The van der Waals surface area contributed by atoms with E-state index in [1.54, 1.807) is 18.3 Å². The molecule has 0 unspecified atom stereocenters. The Balaban J connectivity index is 1.19. The second kappa shape index (κ2) is 13.9. The molecule has 0 saturated carbocycles. The molecule has 188 valence electrons. The Morgan fingerprint density at radius 3 is 1.78 bits per heavy atom. The van der Waals surface area contributed by atoms with Crippen LogP contribution < -0.4 is 5.73 Å². The van der Waals surface area contributed by atoms with Crippen LogP contribution in [0.4, 0.5) is 0 Å². The highest BCUT2D eigenvalue weighted by atomic mass is 16.5. The average Bonchev–Trinajstić information content (AvgIpc) is 2.95. The molecular formula is C30H30N4O3. The van der Waals surface area contributed by atoms with Crippen molar-refractivity contribution in [3.63, 3.8) is 0 Å². The molecule has 0 aliphatic heterocycles. The van der Waals surface area contributed by atoms with Crippen LogP contribution in [0.1, 0.15) is 49.8 Å². The highest BCUT2D eigenvalue weighted by Gasteiger charge is 2.02. The lowest BCUT2D eigenvalue weighted by molar-refractivity contribution is 0.0980. The van der Waals surface area contributed by atoms with Crippen LogP contribution in [0.3, 0.4) is 0 Å². The summed E-state index contributed by atoms with van der Waals surface area (Å²) in [7, 11) is 0. The van der Waals surface area contributed by atoms with Crippen LogP contribution in [0.25, 0.3) is 0 Å². The van der Waals surface area contributed by atoms with Crippen LogP contribution in [0.15, 0.2) is 89.9 Å². The maximum absolute atomic E-state index is 10.8. The monoisotopic (exact) mass is 494 g/mol. The van der Waals surface area contributed by atoms with Gasteiger partial charge in [-0.05, 0) is 46.5 Å². The molecule has 0 fully saturated rings. The van der Waals surface area contributed by atoms with Gasteiger partial charge in [-0.3, -0.25) is 14.8 Å². The summed E-state index contributed by atoms with van der Waals surface area (Å²) in [5.74, 6) is 0. The molecule has 37 heavy (non-hydrogen) atoms. The maximum Gasteiger partial charge on any atom is 0.168 e. The Bertz CT molecular complexity index is 1310. The van der Waals surface area contributed by atoms with Crippen LogP contribution in [-0.2, 0) is 49.0 Å². The second-order valence-corrected chi connectivity index (χ2v) is 8.52. The minimum atomic E-state index is 0.397. The lowest BCUT2D eigenvalue weighted by Crippen LogP contribution is -2.02. The van der Waals surface area contributed by atoms with Gasteiger partial charge in [0, 0.05) is 12.8 Å². The number of pyridine rings is 2. The van der Waals surface area contributed by atoms with Gasteiger partial charge in [-0.2, -0.15) is 0 Å². The molecule has 2 heterocycles. The van der Waals surface area contributed by atoms with Crippen molar-refractivity contribution in [2.24, 2.45) is 10.7 Å². The SMILES string of the molecule is NCc1ccc(COCc2cccc(COCc3ccc(CN=Cc4cccc(C=O)n4)cc3)n2)cc1. The van der Waals surface area contributed by atoms with Crippen LogP contribution in [0, 0.1) is 0 Å². The molecule has 0 bridgehead atoms. The largest absolute Gasteiger partial charge is 0.370 e. The third-order valence-corrected chi connectivity index (χ3v) is 5.59. The average molecular weight is 495 g/mol. The molecule has 4 rings (SSSR count). The van der Waals surface area contributed by atoms with E-state index in [0.29, 0.717) is 50.9 Å². The van der Waals surface area contributed by atoms with Crippen molar-refractivity contribution >= 4 is 12.5 Å². The van der Waals surface area contributed by atoms with Gasteiger partial charge in [0.25, 0.3) is 0 Å². The minimum Gasteiger partial charge on any atom is -0.370 e. The Hall–Kier alpha value is -4.04. The van der Waals surface area contributed by atoms with Gasteiger partial charge < -0.3 is 15.2 Å². The number of nitrogens with two attached hydrogens (primary N) is 1. The highest BCUT2D eigenvalue weighted by molar-refractivity contribution is 5.79. The number of ether oxygens (including phenoxy) is 2. The lowest BCUT2D eigenvalue weighted by atomic mass is 10.1. The second-order valence-electron chi connectivity index (χ2n) is 8.52. The summed E-state index contributed by atoms with van der Waals surface area (Å²) in [4.78, 5) is 24.1. The number of rotatable bonds is 13. The zero-order valence-corrected chi connectivity index (χ0v) is 20.6. The fourth-order valence-electron chi connectivity index (χ4n) is 3.60. The van der Waals surface area contributed by atoms with Crippen LogP contribution in [0.5, 0.6) is 0 Å². The van der Waals surface area contributed by atoms with Crippen LogP contribution in [0.2, 0.25) is 0 Å². The quantitative estimate of drug-likeness (QED) is 0.212. The van der Waals surface area contributed by atoms with Gasteiger partial charge in [-0.25, -0.2) is 4.98 Å². The van der Waals surface area contributed by atoms with Crippen molar-refractivity contribution in [2.45, 2.75) is 39.5 Å². The standard InChI is InChI=1S/C30H30N4O3/c31-15-23-7-11-25(12-8-23)19-36-21-29-5-2-6-30(34-29)22-37-20-26-13-9-24(10-14-26)16-32-17-27-3-1-4-28(18-35)33-27/h1-14,17-18H,15-16,19-22,31H2. The molecule has 0 atom stereocenters. The minimum absolute atomic E-state index is 0.397. The molecule has 0 amide bonds. The highest BCUT2D eigenvalue weighted by Crippen LogP contribution is 2.11. The van der Waals surface area contributed by atoms with E-state index in [1.807, 2.05) is 72.8 Å². The molecule has 0 spiro atoms. The van der Waals surface area contributed by atoms with Crippen molar-refractivity contribution in [1.29, 1.82) is 0 Å². The molecule has 7 heteroatoms. The number of aldehydes is 1. The fourth-order valence-corrected chi connectivity index (χ4v) is 3.60. The molecule has 2 aromatic heterocycles. The topological polar surface area (TPSA) is 99.7 Å². The summed E-state index contributed by atoms with van der Waals surface area (Å²) in [6.07, 6.45) is 2.40. The van der Waals surface area contributed by atoms with E-state index in [-0.39, 0.29) is 0 Å². The molecule has 0 aliphatic rings. The molecule has 2 aromatic carbocycles. The summed E-state index contributed by atoms with van der Waals surface area (Å²) in [5.41, 5.74) is 12.8. The number of carbonyl (C=O) groups excluding carboxylic acids is 1. The van der Waals surface area contributed by atoms with Gasteiger partial charge in [-0.1, -0.05) is 60.7 Å². The van der Waals surface area contributed by atoms with E-state index in [2.05, 4.69) is 15.0 Å². The Morgan fingerprint density at radius 1 is 0.649 bits per heavy atom. The Morgan fingerprint density at radius 2 is 1.19 bits per heavy atom. The van der Waals surface area contributed by atoms with Crippen LogP contribution >= 0.6 is 0 Å². The number of aromatic nitrogens is 2. The number of carbonyl (C=O) groups is 1. The third kappa shape index (κ3) is 8.54. The van der Waals surface area contributed by atoms with Gasteiger partial charge in [0.2, 0.25) is 0 Å². The van der Waals surface area contributed by atoms with Crippen molar-refractivity contribution in [2.75, 3.05) is 0 Å². The zero-order valence-electron chi connectivity index (χ0n) is 20.6. The Labute approximate surface area is 217 Å². The van der Waals surface area contributed by atoms with Crippen LogP contribution in [-0.4, -0.2) is 22.5 Å². The smallest absolute Gasteiger partial charge is 0.168 e. The first-order valence-corrected chi connectivity index (χ1v) is 12.1. The first-order valence-electron chi connectivity index (χ1n) is 12.1. The zero-order chi connectivity index (χ0) is 25.7. The van der Waals surface area contributed by atoms with Crippen molar-refractivity contribution in [3.05, 3.63) is 130 Å². The summed E-state index contributed by atoms with van der Waals surface area (Å²) >= 11 is 0. The normalized spacial score (nSPS) is 11.2. The van der Waals surface area contributed by atoms with Crippen molar-refractivity contribution in [1.82, 2.24) is 9.97 Å². The van der Waals surface area contributed by atoms with E-state index < -0.39 is 0 Å². The summed E-state index contributed by atoms with van der Waals surface area (Å²) in [6, 6.07) is 27.4. The van der Waals surface area contributed by atoms with Gasteiger partial charge in [-0.15, -0.1) is 0 Å². The van der Waals surface area contributed by atoms with Gasteiger partial charge in [0.1, 0.15) is 5.69 Å². The number of aliphatic imine (C=N–C) groups is 1. The first kappa shape index (κ1) is 26.0. The van der Waals surface area contributed by atoms with E-state index in [4.69, 9.17) is 15.2 Å². The summed E-state index contributed by atoms with van der Waals surface area (Å²) in [6.45, 7) is 2.96. The first-order chi connectivity index (χ1) is 18.2. The predicted octanol–water partition coefficient (Wildman–Crippen LogP) is 4.80. The number of hydrogen-bond donors (Lipinski definition) is 1. The van der Waals surface area contributed by atoms with E-state index in [1.165, 1.54) is 0 Å².